The van der Waals surface area contributed by atoms with E-state index in [1.54, 1.807) is 12.5 Å². The van der Waals surface area contributed by atoms with Crippen LogP contribution in [0.1, 0.15) is 16.1 Å². The Morgan fingerprint density at radius 2 is 2.00 bits per heavy atom. The van der Waals surface area contributed by atoms with E-state index < -0.39 is 5.91 Å². The molecule has 4 aromatic rings. The van der Waals surface area contributed by atoms with Crippen LogP contribution in [-0.2, 0) is 7.05 Å². The largest absolute Gasteiger partial charge is 0.396 e. The van der Waals surface area contributed by atoms with Crippen LogP contribution in [0.15, 0.2) is 30.7 Å². The average Bonchev–Trinajstić information content (AvgIpc) is 2.95. The summed E-state index contributed by atoms with van der Waals surface area (Å²) < 4.78 is 1.85. The number of carbonyl (C=O) groups is 1. The highest BCUT2D eigenvalue weighted by molar-refractivity contribution is 6.07. The first-order valence-corrected chi connectivity index (χ1v) is 7.60. The lowest BCUT2D eigenvalue weighted by Gasteiger charge is -2.11. The van der Waals surface area contributed by atoms with Gasteiger partial charge in [0.25, 0.3) is 5.91 Å². The fourth-order valence-electron chi connectivity index (χ4n) is 2.99. The molecular formula is C17H15N7O. The standard InChI is InChI=1S/C17H15N7O/c1-8-3-4-10-13(18)15(16(19)25)23-22-14(10)12(8)9-5-11-17(20-6-9)24(2)7-21-11/h3-7H,1-2H3,(H2,18,22)(H2,19,25). The number of amides is 1. The molecule has 0 saturated heterocycles. The summed E-state index contributed by atoms with van der Waals surface area (Å²) in [5, 5.41) is 8.74. The van der Waals surface area contributed by atoms with Crippen LogP contribution in [-0.4, -0.2) is 30.6 Å². The molecule has 25 heavy (non-hydrogen) atoms. The second kappa shape index (κ2) is 5.23. The summed E-state index contributed by atoms with van der Waals surface area (Å²) in [6, 6.07) is 5.68. The van der Waals surface area contributed by atoms with Crippen LogP contribution in [0, 0.1) is 6.92 Å². The van der Waals surface area contributed by atoms with E-state index in [9.17, 15) is 4.79 Å². The molecule has 0 aliphatic carbocycles. The molecular weight excluding hydrogens is 318 g/mol. The van der Waals surface area contributed by atoms with Gasteiger partial charge in [0.1, 0.15) is 11.0 Å². The van der Waals surface area contributed by atoms with Gasteiger partial charge in [-0.05, 0) is 18.6 Å². The first kappa shape index (κ1) is 15.0. The highest BCUT2D eigenvalue weighted by atomic mass is 16.1. The van der Waals surface area contributed by atoms with Crippen LogP contribution in [0.5, 0.6) is 0 Å². The molecule has 8 heteroatoms. The van der Waals surface area contributed by atoms with Crippen LogP contribution in [0.3, 0.4) is 0 Å². The van der Waals surface area contributed by atoms with Crippen molar-refractivity contribution in [3.05, 3.63) is 42.0 Å². The highest BCUT2D eigenvalue weighted by Crippen LogP contribution is 2.34. The van der Waals surface area contributed by atoms with Crippen molar-refractivity contribution in [3.63, 3.8) is 0 Å². The number of fused-ring (bicyclic) bond motifs is 2. The zero-order valence-corrected chi connectivity index (χ0v) is 13.7. The van der Waals surface area contributed by atoms with Crippen LogP contribution in [0.4, 0.5) is 5.69 Å². The van der Waals surface area contributed by atoms with E-state index in [2.05, 4.69) is 20.2 Å². The summed E-state index contributed by atoms with van der Waals surface area (Å²) in [6.45, 7) is 1.97. The topological polar surface area (TPSA) is 126 Å². The smallest absolute Gasteiger partial charge is 0.271 e. The maximum absolute atomic E-state index is 11.5. The molecule has 4 rings (SSSR count). The van der Waals surface area contributed by atoms with E-state index in [1.807, 2.05) is 36.7 Å². The molecule has 0 bridgehead atoms. The van der Waals surface area contributed by atoms with E-state index in [-0.39, 0.29) is 11.4 Å². The molecule has 0 spiro atoms. The number of nitrogens with zero attached hydrogens (tertiary/aromatic N) is 5. The third-order valence-corrected chi connectivity index (χ3v) is 4.25. The first-order valence-electron chi connectivity index (χ1n) is 7.60. The average molecular weight is 333 g/mol. The maximum Gasteiger partial charge on any atom is 0.271 e. The molecule has 3 heterocycles. The Bertz CT molecular complexity index is 1160. The minimum atomic E-state index is -0.703. The number of primary amides is 1. The predicted octanol–water partition coefficient (Wildman–Crippen LogP) is 1.57. The molecule has 0 aliphatic heterocycles. The lowest BCUT2D eigenvalue weighted by Crippen LogP contribution is -2.16. The predicted molar refractivity (Wildman–Crippen MR) is 94.7 cm³/mol. The van der Waals surface area contributed by atoms with Gasteiger partial charge in [-0.25, -0.2) is 9.97 Å². The summed E-state index contributed by atoms with van der Waals surface area (Å²) in [6.07, 6.45) is 3.49. The second-order valence-corrected chi connectivity index (χ2v) is 5.90. The quantitative estimate of drug-likeness (QED) is 0.573. The lowest BCUT2D eigenvalue weighted by molar-refractivity contribution is 0.0996. The third kappa shape index (κ3) is 2.18. The van der Waals surface area contributed by atoms with E-state index in [4.69, 9.17) is 11.5 Å². The minimum absolute atomic E-state index is 0.0272. The van der Waals surface area contributed by atoms with E-state index in [1.165, 1.54) is 0 Å². The molecule has 0 saturated carbocycles. The monoisotopic (exact) mass is 333 g/mol. The first-order chi connectivity index (χ1) is 12.0. The van der Waals surface area contributed by atoms with E-state index >= 15 is 0 Å². The van der Waals surface area contributed by atoms with Crippen LogP contribution >= 0.6 is 0 Å². The number of nitrogens with two attached hydrogens (primary N) is 2. The molecule has 8 nitrogen and oxygen atoms in total. The van der Waals surface area contributed by atoms with Crippen LogP contribution in [0.25, 0.3) is 33.2 Å². The van der Waals surface area contributed by atoms with Gasteiger partial charge in [0.15, 0.2) is 11.3 Å². The molecule has 0 fully saturated rings. The summed E-state index contributed by atoms with van der Waals surface area (Å²) in [5.41, 5.74) is 16.5. The molecule has 1 aromatic carbocycles. The molecule has 1 amide bonds. The van der Waals surface area contributed by atoms with Gasteiger partial charge in [0.05, 0.1) is 12.0 Å². The van der Waals surface area contributed by atoms with Gasteiger partial charge in [-0.3, -0.25) is 4.79 Å². The van der Waals surface area contributed by atoms with Gasteiger partial charge >= 0.3 is 0 Å². The Morgan fingerprint density at radius 1 is 1.20 bits per heavy atom. The zero-order valence-electron chi connectivity index (χ0n) is 13.7. The number of imidazole rings is 1. The normalized spacial score (nSPS) is 11.3. The summed E-state index contributed by atoms with van der Waals surface area (Å²) in [7, 11) is 1.89. The molecule has 4 N–H and O–H groups in total. The second-order valence-electron chi connectivity index (χ2n) is 5.90. The molecule has 3 aromatic heterocycles. The number of hydrogen-bond donors (Lipinski definition) is 2. The number of rotatable bonds is 2. The SMILES string of the molecule is Cc1ccc2c(N)c(C(N)=O)nnc2c1-c1cnc2c(c1)ncn2C. The molecule has 0 aliphatic rings. The Hall–Kier alpha value is -3.55. The highest BCUT2D eigenvalue weighted by Gasteiger charge is 2.17. The summed E-state index contributed by atoms with van der Waals surface area (Å²) in [4.78, 5) is 20.3. The van der Waals surface area contributed by atoms with Gasteiger partial charge < -0.3 is 16.0 Å². The van der Waals surface area contributed by atoms with Gasteiger partial charge in [0, 0.05) is 29.8 Å². The van der Waals surface area contributed by atoms with Gasteiger partial charge in [-0.15, -0.1) is 10.2 Å². The van der Waals surface area contributed by atoms with Crippen molar-refractivity contribution >= 4 is 33.7 Å². The van der Waals surface area contributed by atoms with E-state index in [0.717, 1.165) is 27.9 Å². The van der Waals surface area contributed by atoms with Crippen molar-refractivity contribution in [1.82, 2.24) is 24.7 Å². The van der Waals surface area contributed by atoms with E-state index in [0.29, 0.717) is 10.9 Å². The van der Waals surface area contributed by atoms with Gasteiger partial charge in [0.2, 0.25) is 0 Å². The third-order valence-electron chi connectivity index (χ3n) is 4.25. The Balaban J connectivity index is 2.03. The number of hydrogen-bond acceptors (Lipinski definition) is 6. The number of benzene rings is 1. The van der Waals surface area contributed by atoms with Crippen LogP contribution < -0.4 is 11.5 Å². The van der Waals surface area contributed by atoms with Crippen molar-refractivity contribution in [2.75, 3.05) is 5.73 Å². The van der Waals surface area contributed by atoms with Gasteiger partial charge in [-0.1, -0.05) is 12.1 Å². The number of anilines is 1. The zero-order chi connectivity index (χ0) is 17.7. The van der Waals surface area contributed by atoms with Gasteiger partial charge in [-0.2, -0.15) is 0 Å². The fourth-order valence-corrected chi connectivity index (χ4v) is 2.99. The van der Waals surface area contributed by atoms with Crippen molar-refractivity contribution in [1.29, 1.82) is 0 Å². The number of aryl methyl sites for hydroxylation is 2. The van der Waals surface area contributed by atoms with Crippen LogP contribution in [0.2, 0.25) is 0 Å². The van der Waals surface area contributed by atoms with Crippen molar-refractivity contribution in [3.8, 4) is 11.1 Å². The fraction of sp³-hybridized carbons (Fsp3) is 0.118. The van der Waals surface area contributed by atoms with Crippen molar-refractivity contribution < 1.29 is 4.79 Å². The molecule has 0 radical (unpaired) electrons. The Kier molecular flexibility index (Phi) is 3.14. The lowest BCUT2D eigenvalue weighted by atomic mass is 9.97. The Morgan fingerprint density at radius 3 is 2.76 bits per heavy atom. The number of nitrogen functional groups attached to an aromatic ring is 1. The summed E-state index contributed by atoms with van der Waals surface area (Å²) >= 11 is 0. The number of aromatic nitrogens is 5. The maximum atomic E-state index is 11.5. The minimum Gasteiger partial charge on any atom is -0.396 e. The molecule has 0 unspecified atom stereocenters. The molecule has 0 atom stereocenters. The summed E-state index contributed by atoms with van der Waals surface area (Å²) in [5.74, 6) is -0.703. The van der Waals surface area contributed by atoms with Crippen molar-refractivity contribution in [2.24, 2.45) is 12.8 Å². The van der Waals surface area contributed by atoms with Crippen molar-refractivity contribution in [2.45, 2.75) is 6.92 Å². The number of carbonyl (C=O) groups excluding carboxylic acids is 1. The molecule has 124 valence electrons. The number of pyridine rings is 1. The Labute approximate surface area is 142 Å².